The Bertz CT molecular complexity index is 294. The summed E-state index contributed by atoms with van der Waals surface area (Å²) in [5.41, 5.74) is 5.25. The van der Waals surface area contributed by atoms with Crippen LogP contribution in [0.3, 0.4) is 0 Å². The number of unbranched alkanes of at least 4 members (excludes halogenated alkanes) is 10. The topological polar surface area (TPSA) is 89.6 Å². The van der Waals surface area contributed by atoms with E-state index in [2.05, 4.69) is 6.92 Å². The van der Waals surface area contributed by atoms with Gasteiger partial charge in [-0.1, -0.05) is 71.1 Å². The quantitative estimate of drug-likeness (QED) is 0.356. The van der Waals surface area contributed by atoms with E-state index in [9.17, 15) is 9.59 Å². The maximum atomic E-state index is 11.4. The van der Waals surface area contributed by atoms with Crippen molar-refractivity contribution in [1.29, 1.82) is 0 Å². The van der Waals surface area contributed by atoms with Gasteiger partial charge in [-0.2, -0.15) is 0 Å². The summed E-state index contributed by atoms with van der Waals surface area (Å²) >= 11 is 0. The highest BCUT2D eigenvalue weighted by atomic mass is 16.5. The Balaban J connectivity index is 3.25. The zero-order chi connectivity index (χ0) is 16.6. The molecule has 3 N–H and O–H groups in total. The monoisotopic (exact) mass is 315 g/mol. The summed E-state index contributed by atoms with van der Waals surface area (Å²) in [4.78, 5) is 21.8. The number of hydrogen-bond donors (Lipinski definition) is 2. The molecule has 0 aromatic rings. The molecule has 0 fully saturated rings. The molecule has 0 amide bonds. The van der Waals surface area contributed by atoms with Crippen molar-refractivity contribution in [2.45, 2.75) is 90.0 Å². The van der Waals surface area contributed by atoms with Gasteiger partial charge in [0, 0.05) is 6.42 Å². The molecule has 0 aliphatic rings. The van der Waals surface area contributed by atoms with Gasteiger partial charge in [0.25, 0.3) is 0 Å². The first-order chi connectivity index (χ1) is 10.6. The molecule has 130 valence electrons. The van der Waals surface area contributed by atoms with E-state index in [0.717, 1.165) is 19.3 Å². The fourth-order valence-electron chi connectivity index (χ4n) is 2.26. The summed E-state index contributed by atoms with van der Waals surface area (Å²) in [5.74, 6) is -1.50. The van der Waals surface area contributed by atoms with E-state index in [1.165, 1.54) is 51.4 Å². The Labute approximate surface area is 134 Å². The van der Waals surface area contributed by atoms with Gasteiger partial charge in [-0.25, -0.2) is 0 Å². The Kier molecular flexibility index (Phi) is 14.1. The highest BCUT2D eigenvalue weighted by Gasteiger charge is 2.13. The number of carboxylic acid groups (broad SMARTS) is 1. The lowest BCUT2D eigenvalue weighted by Gasteiger charge is -2.07. The summed E-state index contributed by atoms with van der Waals surface area (Å²) in [6, 6.07) is -1.12. The molecule has 0 aromatic carbocycles. The molecule has 0 radical (unpaired) electrons. The number of hydrogen-bond acceptors (Lipinski definition) is 4. The number of aliphatic carboxylic acids is 1. The van der Waals surface area contributed by atoms with Gasteiger partial charge < -0.3 is 15.6 Å². The second-order valence-corrected chi connectivity index (χ2v) is 5.91. The average molecular weight is 315 g/mol. The van der Waals surface area contributed by atoms with E-state index >= 15 is 0 Å². The predicted octanol–water partition coefficient (Wildman–Crippen LogP) is 3.64. The fraction of sp³-hybridized carbons (Fsp3) is 0.882. The van der Waals surface area contributed by atoms with Crippen LogP contribution in [-0.4, -0.2) is 29.7 Å². The first kappa shape index (κ1) is 20.9. The smallest absolute Gasteiger partial charge is 0.324 e. The van der Waals surface area contributed by atoms with Gasteiger partial charge in [-0.3, -0.25) is 9.59 Å². The molecule has 1 atom stereocenters. The van der Waals surface area contributed by atoms with E-state index in [1.54, 1.807) is 0 Å². The van der Waals surface area contributed by atoms with Crippen molar-refractivity contribution in [3.05, 3.63) is 0 Å². The highest BCUT2D eigenvalue weighted by Crippen LogP contribution is 2.12. The van der Waals surface area contributed by atoms with Crippen molar-refractivity contribution in [3.63, 3.8) is 0 Å². The van der Waals surface area contributed by atoms with Gasteiger partial charge in [-0.05, 0) is 6.42 Å². The summed E-state index contributed by atoms with van der Waals surface area (Å²) in [5, 5.41) is 8.56. The molecule has 0 rings (SSSR count). The van der Waals surface area contributed by atoms with Crippen molar-refractivity contribution in [2.24, 2.45) is 5.73 Å². The van der Waals surface area contributed by atoms with Crippen LogP contribution in [0.15, 0.2) is 0 Å². The number of carboxylic acids is 1. The minimum atomic E-state index is -1.15. The molecule has 0 bridgehead atoms. The molecule has 0 aromatic heterocycles. The molecule has 5 nitrogen and oxygen atoms in total. The molecule has 0 saturated heterocycles. The molecule has 0 heterocycles. The first-order valence-corrected chi connectivity index (χ1v) is 8.72. The van der Waals surface area contributed by atoms with Crippen molar-refractivity contribution in [3.8, 4) is 0 Å². The average Bonchev–Trinajstić information content (AvgIpc) is 2.50. The summed E-state index contributed by atoms with van der Waals surface area (Å²) in [6.45, 7) is 1.99. The molecule has 5 heteroatoms. The van der Waals surface area contributed by atoms with Gasteiger partial charge in [-0.15, -0.1) is 0 Å². The molecular formula is C17H33NO4. The van der Waals surface area contributed by atoms with Crippen LogP contribution in [-0.2, 0) is 14.3 Å². The highest BCUT2D eigenvalue weighted by molar-refractivity contribution is 5.74. The minimum Gasteiger partial charge on any atom is -0.480 e. The largest absolute Gasteiger partial charge is 0.480 e. The normalized spacial score (nSPS) is 12.1. The van der Waals surface area contributed by atoms with Crippen molar-refractivity contribution < 1.29 is 19.4 Å². The van der Waals surface area contributed by atoms with Gasteiger partial charge >= 0.3 is 11.9 Å². The fourth-order valence-corrected chi connectivity index (χ4v) is 2.26. The third kappa shape index (κ3) is 13.9. The Morgan fingerprint density at radius 1 is 0.909 bits per heavy atom. The molecule has 0 aliphatic carbocycles. The van der Waals surface area contributed by atoms with Crippen LogP contribution in [0.4, 0.5) is 0 Å². The molecule has 0 unspecified atom stereocenters. The van der Waals surface area contributed by atoms with Gasteiger partial charge in [0.15, 0.2) is 0 Å². The maximum Gasteiger partial charge on any atom is 0.324 e. The Hall–Kier alpha value is -1.10. The second kappa shape index (κ2) is 14.8. The Morgan fingerprint density at radius 2 is 1.36 bits per heavy atom. The number of nitrogens with two attached hydrogens (primary N) is 1. The van der Waals surface area contributed by atoms with Crippen LogP contribution < -0.4 is 5.73 Å². The van der Waals surface area contributed by atoms with E-state index in [1.807, 2.05) is 0 Å². The number of carbonyl (C=O) groups is 2. The summed E-state index contributed by atoms with van der Waals surface area (Å²) in [7, 11) is 0. The molecule has 0 aliphatic heterocycles. The van der Waals surface area contributed by atoms with E-state index < -0.39 is 12.0 Å². The van der Waals surface area contributed by atoms with Gasteiger partial charge in [0.1, 0.15) is 12.6 Å². The third-order valence-electron chi connectivity index (χ3n) is 3.73. The lowest BCUT2D eigenvalue weighted by molar-refractivity contribution is -0.147. The summed E-state index contributed by atoms with van der Waals surface area (Å²) in [6.07, 6.45) is 13.9. The third-order valence-corrected chi connectivity index (χ3v) is 3.73. The van der Waals surface area contributed by atoms with Crippen LogP contribution in [0.5, 0.6) is 0 Å². The van der Waals surface area contributed by atoms with Crippen LogP contribution in [0.25, 0.3) is 0 Å². The van der Waals surface area contributed by atoms with Crippen molar-refractivity contribution >= 4 is 11.9 Å². The van der Waals surface area contributed by atoms with Crippen LogP contribution in [0.2, 0.25) is 0 Å². The van der Waals surface area contributed by atoms with Crippen LogP contribution in [0.1, 0.15) is 84.0 Å². The molecule has 0 spiro atoms. The Morgan fingerprint density at radius 3 is 1.82 bits per heavy atom. The van der Waals surface area contributed by atoms with Crippen LogP contribution >= 0.6 is 0 Å². The number of carbonyl (C=O) groups excluding carboxylic acids is 1. The number of esters is 1. The second-order valence-electron chi connectivity index (χ2n) is 5.91. The number of ether oxygens (including phenoxy) is 1. The van der Waals surface area contributed by atoms with Gasteiger partial charge in [0.05, 0.1) is 0 Å². The minimum absolute atomic E-state index is 0.244. The standard InChI is InChI=1S/C17H33NO4/c1-2-3-4-5-6-7-8-9-10-11-12-13-16(19)22-14-15(18)17(20)21/h15H,2-14,18H2,1H3,(H,20,21)/t15-/m0/s1. The lowest BCUT2D eigenvalue weighted by atomic mass is 10.1. The number of rotatable bonds is 15. The van der Waals surface area contributed by atoms with E-state index in [4.69, 9.17) is 15.6 Å². The predicted molar refractivity (Wildman–Crippen MR) is 87.6 cm³/mol. The molecule has 0 saturated carbocycles. The van der Waals surface area contributed by atoms with E-state index in [-0.39, 0.29) is 12.6 Å². The zero-order valence-electron chi connectivity index (χ0n) is 14.0. The summed E-state index contributed by atoms with van der Waals surface area (Å²) < 4.78 is 4.81. The zero-order valence-corrected chi connectivity index (χ0v) is 14.0. The van der Waals surface area contributed by atoms with Crippen molar-refractivity contribution in [2.75, 3.05) is 6.61 Å². The van der Waals surface area contributed by atoms with Crippen LogP contribution in [0, 0.1) is 0 Å². The first-order valence-electron chi connectivity index (χ1n) is 8.72. The molecular weight excluding hydrogens is 282 g/mol. The SMILES string of the molecule is CCCCCCCCCCCCCC(=O)OC[C@H](N)C(=O)O. The van der Waals surface area contributed by atoms with Crippen molar-refractivity contribution in [1.82, 2.24) is 0 Å². The molecule has 22 heavy (non-hydrogen) atoms. The lowest BCUT2D eigenvalue weighted by Crippen LogP contribution is -2.35. The van der Waals surface area contributed by atoms with E-state index in [0.29, 0.717) is 6.42 Å². The maximum absolute atomic E-state index is 11.4. The van der Waals surface area contributed by atoms with Gasteiger partial charge in [0.2, 0.25) is 0 Å².